The van der Waals surface area contributed by atoms with Crippen molar-refractivity contribution < 1.29 is 22.8 Å². The van der Waals surface area contributed by atoms with Crippen LogP contribution in [0.2, 0.25) is 0 Å². The molecule has 0 aliphatic rings. The molecule has 0 unspecified atom stereocenters. The van der Waals surface area contributed by atoms with E-state index in [0.29, 0.717) is 0 Å². The second-order valence-electron chi connectivity index (χ2n) is 2.81. The molecule has 0 radical (unpaired) electrons. The van der Waals surface area contributed by atoms with E-state index in [1.807, 2.05) is 0 Å². The second-order valence-corrected chi connectivity index (χ2v) is 2.81. The fraction of sp³-hybridized carbons (Fsp3) is 0.333. The number of carbonyl (C=O) groups is 1. The Hall–Kier alpha value is -1.99. The van der Waals surface area contributed by atoms with Gasteiger partial charge in [-0.2, -0.15) is 13.2 Å². The summed E-state index contributed by atoms with van der Waals surface area (Å²) in [4.78, 5) is 15.3. The molecule has 0 atom stereocenters. The summed E-state index contributed by atoms with van der Waals surface area (Å²) < 4.78 is 35.3. The first kappa shape index (κ1) is 15.0. The topological polar surface area (TPSA) is 67.9 Å². The second kappa shape index (κ2) is 6.56. The van der Waals surface area contributed by atoms with Crippen LogP contribution in [0.15, 0.2) is 30.5 Å². The summed E-state index contributed by atoms with van der Waals surface area (Å²) in [5.41, 5.74) is 5.32. The van der Waals surface area contributed by atoms with Crippen molar-refractivity contribution in [2.45, 2.75) is 6.18 Å². The number of rotatable bonds is 5. The van der Waals surface area contributed by atoms with Crippen molar-refractivity contribution in [3.8, 4) is 0 Å². The van der Waals surface area contributed by atoms with Crippen molar-refractivity contribution in [2.75, 3.05) is 13.1 Å². The molecule has 8 heteroatoms. The Bertz CT molecular complexity index is 316. The quantitative estimate of drug-likeness (QED) is 0.260. The third kappa shape index (κ3) is 5.59. The predicted octanol–water partition coefficient (Wildman–Crippen LogP) is 0.996. The number of halogens is 3. The molecule has 0 saturated carbocycles. The van der Waals surface area contributed by atoms with Crippen LogP contribution in [0.1, 0.15) is 0 Å². The lowest BCUT2D eigenvalue weighted by Gasteiger charge is -2.18. The van der Waals surface area contributed by atoms with Gasteiger partial charge in [-0.3, -0.25) is 0 Å². The van der Waals surface area contributed by atoms with E-state index in [0.717, 1.165) is 0 Å². The molecular weight excluding hydrogens is 239 g/mol. The Balaban J connectivity index is 4.54. The lowest BCUT2D eigenvalue weighted by molar-refractivity contribution is -0.199. The summed E-state index contributed by atoms with van der Waals surface area (Å²) in [6.07, 6.45) is -2.19. The number of hydrogen-bond donors (Lipinski definition) is 1. The van der Waals surface area contributed by atoms with Crippen LogP contribution >= 0.6 is 0 Å². The molecule has 0 bridgehead atoms. The highest BCUT2D eigenvalue weighted by Crippen LogP contribution is 2.16. The number of nitrogens with zero attached hydrogens (tertiary/aromatic N) is 2. The average molecular weight is 251 g/mol. The normalized spacial score (nSPS) is 11.8. The summed E-state index contributed by atoms with van der Waals surface area (Å²) in [5, 5.41) is 2.88. The highest BCUT2D eigenvalue weighted by Gasteiger charge is 2.41. The first-order chi connectivity index (χ1) is 7.82. The van der Waals surface area contributed by atoms with Gasteiger partial charge in [0, 0.05) is 13.1 Å². The largest absolute Gasteiger partial charge is 0.493 e. The predicted molar refractivity (Wildman–Crippen MR) is 55.7 cm³/mol. The van der Waals surface area contributed by atoms with Crippen LogP contribution in [0.4, 0.5) is 13.2 Å². The van der Waals surface area contributed by atoms with Gasteiger partial charge in [0.1, 0.15) is 0 Å². The molecular formula is C9H12F3N3O2. The van der Waals surface area contributed by atoms with E-state index in [1.165, 1.54) is 17.1 Å². The van der Waals surface area contributed by atoms with E-state index < -0.39 is 12.1 Å². The van der Waals surface area contributed by atoms with Gasteiger partial charge in [0.2, 0.25) is 5.96 Å². The molecule has 0 aliphatic carbocycles. The SMILES string of the molecule is C=CCN(CC=C)/C(N)=N/OC(=O)C(F)(F)F. The van der Waals surface area contributed by atoms with E-state index in [4.69, 9.17) is 5.73 Å². The Morgan fingerprint density at radius 2 is 1.82 bits per heavy atom. The molecule has 5 nitrogen and oxygen atoms in total. The van der Waals surface area contributed by atoms with Gasteiger partial charge >= 0.3 is 12.1 Å². The fourth-order valence-electron chi connectivity index (χ4n) is 0.771. The Labute approximate surface area is 96.0 Å². The van der Waals surface area contributed by atoms with E-state index >= 15 is 0 Å². The molecule has 0 heterocycles. The van der Waals surface area contributed by atoms with Gasteiger partial charge in [-0.1, -0.05) is 12.2 Å². The van der Waals surface area contributed by atoms with E-state index in [1.54, 1.807) is 0 Å². The summed E-state index contributed by atoms with van der Waals surface area (Å²) >= 11 is 0. The van der Waals surface area contributed by atoms with Crippen molar-refractivity contribution in [1.82, 2.24) is 4.90 Å². The van der Waals surface area contributed by atoms with Gasteiger partial charge in [-0.25, -0.2) is 4.79 Å². The third-order valence-corrected chi connectivity index (χ3v) is 1.48. The number of nitrogens with two attached hydrogens (primary N) is 1. The minimum absolute atomic E-state index is 0.227. The molecule has 0 aliphatic heterocycles. The standard InChI is InChI=1S/C9H12F3N3O2/c1-3-5-15(6-4-2)8(13)14-17-7(16)9(10,11)12/h3-4H,1-2,5-6H2,(H2,13,14). The fourth-order valence-corrected chi connectivity index (χ4v) is 0.771. The molecule has 0 spiro atoms. The monoisotopic (exact) mass is 251 g/mol. The first-order valence-electron chi connectivity index (χ1n) is 4.41. The maximum absolute atomic E-state index is 11.8. The van der Waals surface area contributed by atoms with Crippen LogP contribution in [0.5, 0.6) is 0 Å². The Morgan fingerprint density at radius 1 is 1.35 bits per heavy atom. The van der Waals surface area contributed by atoms with E-state index in [-0.39, 0.29) is 19.0 Å². The Morgan fingerprint density at radius 3 is 2.18 bits per heavy atom. The van der Waals surface area contributed by atoms with E-state index in [2.05, 4.69) is 23.2 Å². The van der Waals surface area contributed by atoms with Crippen molar-refractivity contribution in [3.05, 3.63) is 25.3 Å². The van der Waals surface area contributed by atoms with Gasteiger partial charge in [0.25, 0.3) is 0 Å². The van der Waals surface area contributed by atoms with Gasteiger partial charge in [-0.15, -0.1) is 13.2 Å². The van der Waals surface area contributed by atoms with Crippen LogP contribution in [0, 0.1) is 0 Å². The maximum Gasteiger partial charge on any atom is 0.493 e. The molecule has 0 aromatic heterocycles. The molecule has 17 heavy (non-hydrogen) atoms. The number of carbonyl (C=O) groups excluding carboxylic acids is 1. The van der Waals surface area contributed by atoms with Gasteiger partial charge in [0.15, 0.2) is 0 Å². The van der Waals surface area contributed by atoms with Gasteiger partial charge < -0.3 is 15.5 Å². The third-order valence-electron chi connectivity index (χ3n) is 1.48. The average Bonchev–Trinajstić information content (AvgIpc) is 2.23. The highest BCUT2D eigenvalue weighted by atomic mass is 19.4. The smallest absolute Gasteiger partial charge is 0.367 e. The van der Waals surface area contributed by atoms with Gasteiger partial charge in [-0.05, 0) is 5.16 Å². The van der Waals surface area contributed by atoms with Crippen LogP contribution < -0.4 is 5.73 Å². The molecule has 0 aromatic rings. The molecule has 96 valence electrons. The number of oxime groups is 1. The number of alkyl halides is 3. The van der Waals surface area contributed by atoms with Gasteiger partial charge in [0.05, 0.1) is 0 Å². The minimum atomic E-state index is -5.11. The van der Waals surface area contributed by atoms with Crippen LogP contribution in [-0.2, 0) is 9.63 Å². The zero-order chi connectivity index (χ0) is 13.5. The summed E-state index contributed by atoms with van der Waals surface area (Å²) in [7, 11) is 0. The number of hydrogen-bond acceptors (Lipinski definition) is 3. The zero-order valence-corrected chi connectivity index (χ0v) is 8.91. The highest BCUT2D eigenvalue weighted by molar-refractivity contribution is 5.80. The molecule has 0 amide bonds. The summed E-state index contributed by atoms with van der Waals surface area (Å²) in [5.74, 6) is -2.81. The minimum Gasteiger partial charge on any atom is -0.367 e. The lowest BCUT2D eigenvalue weighted by Crippen LogP contribution is -2.38. The molecule has 0 aromatic carbocycles. The molecule has 2 N–H and O–H groups in total. The first-order valence-corrected chi connectivity index (χ1v) is 4.41. The van der Waals surface area contributed by atoms with Crippen molar-refractivity contribution >= 4 is 11.9 Å². The van der Waals surface area contributed by atoms with Crippen LogP contribution in [-0.4, -0.2) is 36.1 Å². The molecule has 0 fully saturated rings. The molecule has 0 saturated heterocycles. The maximum atomic E-state index is 11.8. The van der Waals surface area contributed by atoms with Crippen LogP contribution in [0.3, 0.4) is 0 Å². The summed E-state index contributed by atoms with van der Waals surface area (Å²) in [6, 6.07) is 0. The summed E-state index contributed by atoms with van der Waals surface area (Å²) in [6.45, 7) is 7.30. The van der Waals surface area contributed by atoms with Crippen LogP contribution in [0.25, 0.3) is 0 Å². The number of guanidine groups is 1. The van der Waals surface area contributed by atoms with Crippen molar-refractivity contribution in [2.24, 2.45) is 10.9 Å². The zero-order valence-electron chi connectivity index (χ0n) is 8.91. The van der Waals surface area contributed by atoms with Crippen molar-refractivity contribution in [3.63, 3.8) is 0 Å². The lowest BCUT2D eigenvalue weighted by atomic mass is 10.5. The molecule has 0 rings (SSSR count). The van der Waals surface area contributed by atoms with Crippen molar-refractivity contribution in [1.29, 1.82) is 0 Å². The Kier molecular flexibility index (Phi) is 5.79. The van der Waals surface area contributed by atoms with E-state index in [9.17, 15) is 18.0 Å².